The van der Waals surface area contributed by atoms with Crippen molar-refractivity contribution in [2.24, 2.45) is 0 Å². The fourth-order valence-electron chi connectivity index (χ4n) is 3.22. The first-order valence-electron chi connectivity index (χ1n) is 9.36. The third-order valence-corrected chi connectivity index (χ3v) is 5.32. The van der Waals surface area contributed by atoms with Crippen molar-refractivity contribution >= 4 is 47.2 Å². The Morgan fingerprint density at radius 2 is 1.78 bits per heavy atom. The molecule has 8 nitrogen and oxygen atoms in total. The van der Waals surface area contributed by atoms with E-state index < -0.39 is 23.8 Å². The number of nitrogens with one attached hydrogen (secondary N) is 1. The lowest BCUT2D eigenvalue weighted by Crippen LogP contribution is -2.54. The second kappa shape index (κ2) is 8.16. The Labute approximate surface area is 186 Å². The molecular formula is C23H15ClN2O6. The summed E-state index contributed by atoms with van der Waals surface area (Å²) in [6, 6.07) is 13.1. The predicted molar refractivity (Wildman–Crippen MR) is 116 cm³/mol. The summed E-state index contributed by atoms with van der Waals surface area (Å²) in [6.45, 7) is 1.66. The Morgan fingerprint density at radius 1 is 1.06 bits per heavy atom. The van der Waals surface area contributed by atoms with E-state index in [4.69, 9.17) is 21.1 Å². The van der Waals surface area contributed by atoms with Crippen molar-refractivity contribution in [1.82, 2.24) is 5.32 Å². The molecule has 2 aromatic carbocycles. The summed E-state index contributed by atoms with van der Waals surface area (Å²) >= 11 is 6.11. The van der Waals surface area contributed by atoms with Gasteiger partial charge in [-0.2, -0.15) is 0 Å². The zero-order valence-corrected chi connectivity index (χ0v) is 17.3. The molecule has 0 unspecified atom stereocenters. The van der Waals surface area contributed by atoms with Crippen molar-refractivity contribution in [3.8, 4) is 11.3 Å². The smallest absolute Gasteiger partial charge is 0.335 e. The lowest BCUT2D eigenvalue weighted by Gasteiger charge is -2.27. The molecule has 0 saturated carbocycles. The maximum atomic E-state index is 13.0. The van der Waals surface area contributed by atoms with Gasteiger partial charge in [-0.1, -0.05) is 29.8 Å². The third kappa shape index (κ3) is 3.79. The van der Waals surface area contributed by atoms with E-state index in [0.29, 0.717) is 21.9 Å². The topological polar surface area (TPSA) is 117 Å². The van der Waals surface area contributed by atoms with Crippen LogP contribution in [0.15, 0.2) is 64.6 Å². The van der Waals surface area contributed by atoms with Gasteiger partial charge in [0.1, 0.15) is 17.1 Å². The minimum Gasteiger partial charge on any atom is -0.478 e. The van der Waals surface area contributed by atoms with E-state index in [0.717, 1.165) is 4.90 Å². The largest absolute Gasteiger partial charge is 0.478 e. The zero-order chi connectivity index (χ0) is 23.0. The molecule has 1 fully saturated rings. The van der Waals surface area contributed by atoms with E-state index in [1.54, 1.807) is 49.4 Å². The highest BCUT2D eigenvalue weighted by atomic mass is 35.5. The van der Waals surface area contributed by atoms with Crippen molar-refractivity contribution in [1.29, 1.82) is 0 Å². The van der Waals surface area contributed by atoms with Crippen LogP contribution >= 0.6 is 11.6 Å². The van der Waals surface area contributed by atoms with Gasteiger partial charge in [-0.15, -0.1) is 0 Å². The average Bonchev–Trinajstić information content (AvgIpc) is 3.23. The van der Waals surface area contributed by atoms with Gasteiger partial charge < -0.3 is 9.52 Å². The Balaban J connectivity index is 1.67. The van der Waals surface area contributed by atoms with Crippen LogP contribution in [0.5, 0.6) is 0 Å². The molecule has 1 aliphatic rings. The van der Waals surface area contributed by atoms with E-state index in [9.17, 15) is 19.2 Å². The summed E-state index contributed by atoms with van der Waals surface area (Å²) in [5, 5.41) is 11.5. The predicted octanol–water partition coefficient (Wildman–Crippen LogP) is 4.27. The number of hydrogen-bond acceptors (Lipinski definition) is 5. The summed E-state index contributed by atoms with van der Waals surface area (Å²) in [5.41, 5.74) is 1.23. The normalized spacial score (nSPS) is 15.2. The van der Waals surface area contributed by atoms with Crippen LogP contribution in [0, 0.1) is 6.92 Å². The van der Waals surface area contributed by atoms with E-state index >= 15 is 0 Å². The van der Waals surface area contributed by atoms with Gasteiger partial charge in [-0.25, -0.2) is 14.5 Å². The molecule has 0 spiro atoms. The van der Waals surface area contributed by atoms with E-state index in [-0.39, 0.29) is 22.6 Å². The zero-order valence-electron chi connectivity index (χ0n) is 16.6. The highest BCUT2D eigenvalue weighted by Crippen LogP contribution is 2.30. The number of hydrogen-bond donors (Lipinski definition) is 2. The fourth-order valence-corrected chi connectivity index (χ4v) is 3.39. The van der Waals surface area contributed by atoms with Gasteiger partial charge in [0.25, 0.3) is 11.8 Å². The van der Waals surface area contributed by atoms with Gasteiger partial charge in [0.15, 0.2) is 0 Å². The number of carboxylic acid groups (broad SMARTS) is 1. The molecule has 1 saturated heterocycles. The number of barbiturate groups is 1. The van der Waals surface area contributed by atoms with Crippen molar-refractivity contribution in [3.05, 3.63) is 82.1 Å². The van der Waals surface area contributed by atoms with Crippen LogP contribution in [0.2, 0.25) is 5.02 Å². The molecule has 1 aromatic heterocycles. The molecule has 0 bridgehead atoms. The highest BCUT2D eigenvalue weighted by Gasteiger charge is 2.37. The monoisotopic (exact) mass is 450 g/mol. The number of rotatable bonds is 4. The quantitative estimate of drug-likeness (QED) is 0.452. The van der Waals surface area contributed by atoms with Crippen molar-refractivity contribution in [2.75, 3.05) is 4.90 Å². The molecule has 2 N–H and O–H groups in total. The molecule has 3 aromatic rings. The first-order chi connectivity index (χ1) is 15.3. The molecule has 9 heteroatoms. The summed E-state index contributed by atoms with van der Waals surface area (Å²) in [6.07, 6.45) is 1.24. The number of amides is 4. The molecular weight excluding hydrogens is 436 g/mol. The summed E-state index contributed by atoms with van der Waals surface area (Å²) in [4.78, 5) is 49.6. The number of benzene rings is 2. The van der Waals surface area contributed by atoms with Gasteiger partial charge >= 0.3 is 12.0 Å². The summed E-state index contributed by atoms with van der Waals surface area (Å²) in [7, 11) is 0. The molecule has 4 rings (SSSR count). The molecule has 32 heavy (non-hydrogen) atoms. The lowest BCUT2D eigenvalue weighted by atomic mass is 10.1. The Bertz CT molecular complexity index is 1310. The van der Waals surface area contributed by atoms with Crippen molar-refractivity contribution in [3.63, 3.8) is 0 Å². The van der Waals surface area contributed by atoms with Crippen LogP contribution in [-0.4, -0.2) is 28.9 Å². The van der Waals surface area contributed by atoms with Gasteiger partial charge in [-0.3, -0.25) is 14.9 Å². The second-order valence-electron chi connectivity index (χ2n) is 6.93. The number of imide groups is 2. The standard InChI is InChI=1S/C23H15ClN2O6/c1-12-17(24)3-2-4-18(12)26-21(28)16(20(27)25-23(26)31)11-15-9-10-19(32-15)13-5-7-14(8-6-13)22(29)30/h2-11H,1H3,(H,29,30)(H,25,27,31). The Kier molecular flexibility index (Phi) is 5.38. The van der Waals surface area contributed by atoms with Gasteiger partial charge in [0.05, 0.1) is 11.3 Å². The number of halogens is 1. The van der Waals surface area contributed by atoms with Gasteiger partial charge in [-0.05, 0) is 55.0 Å². The van der Waals surface area contributed by atoms with Crippen LogP contribution in [0.3, 0.4) is 0 Å². The van der Waals surface area contributed by atoms with Crippen LogP contribution in [0.1, 0.15) is 21.7 Å². The van der Waals surface area contributed by atoms with Crippen LogP contribution < -0.4 is 10.2 Å². The van der Waals surface area contributed by atoms with Crippen LogP contribution in [0.25, 0.3) is 17.4 Å². The van der Waals surface area contributed by atoms with Gasteiger partial charge in [0.2, 0.25) is 0 Å². The van der Waals surface area contributed by atoms with Crippen molar-refractivity contribution in [2.45, 2.75) is 6.92 Å². The molecule has 160 valence electrons. The van der Waals surface area contributed by atoms with Crippen LogP contribution in [0.4, 0.5) is 10.5 Å². The number of furan rings is 1. The first kappa shape index (κ1) is 21.1. The fraction of sp³-hybridized carbons (Fsp3) is 0.0435. The molecule has 0 atom stereocenters. The number of carbonyl (C=O) groups is 4. The van der Waals surface area contributed by atoms with Crippen LogP contribution in [-0.2, 0) is 9.59 Å². The molecule has 0 radical (unpaired) electrons. The Hall–Kier alpha value is -4.17. The molecule has 1 aliphatic heterocycles. The molecule has 4 amide bonds. The maximum Gasteiger partial charge on any atom is 0.335 e. The lowest BCUT2D eigenvalue weighted by molar-refractivity contribution is -0.122. The van der Waals surface area contributed by atoms with E-state index in [1.165, 1.54) is 18.2 Å². The highest BCUT2D eigenvalue weighted by molar-refractivity contribution is 6.39. The number of aromatic carboxylic acids is 1. The molecule has 0 aliphatic carbocycles. The van der Waals surface area contributed by atoms with E-state index in [1.807, 2.05) is 0 Å². The number of anilines is 1. The first-order valence-corrected chi connectivity index (χ1v) is 9.74. The van der Waals surface area contributed by atoms with E-state index in [2.05, 4.69) is 5.32 Å². The number of nitrogens with zero attached hydrogens (tertiary/aromatic N) is 1. The molecule has 2 heterocycles. The maximum absolute atomic E-state index is 13.0. The minimum absolute atomic E-state index is 0.133. The average molecular weight is 451 g/mol. The summed E-state index contributed by atoms with van der Waals surface area (Å²) in [5.74, 6) is -2.08. The Morgan fingerprint density at radius 3 is 2.47 bits per heavy atom. The summed E-state index contributed by atoms with van der Waals surface area (Å²) < 4.78 is 5.70. The van der Waals surface area contributed by atoms with Crippen molar-refractivity contribution < 1.29 is 28.7 Å². The second-order valence-corrected chi connectivity index (χ2v) is 7.33. The minimum atomic E-state index is -1.04. The number of carboxylic acids is 1. The number of urea groups is 1. The SMILES string of the molecule is Cc1c(Cl)cccc1N1C(=O)NC(=O)C(=Cc2ccc(-c3ccc(C(=O)O)cc3)o2)C1=O. The van der Waals surface area contributed by atoms with Gasteiger partial charge in [0, 0.05) is 10.6 Å². The number of carbonyl (C=O) groups excluding carboxylic acids is 3. The third-order valence-electron chi connectivity index (χ3n) is 4.91.